The summed E-state index contributed by atoms with van der Waals surface area (Å²) >= 11 is 0. The van der Waals surface area contributed by atoms with Gasteiger partial charge in [0.15, 0.2) is 0 Å². The summed E-state index contributed by atoms with van der Waals surface area (Å²) in [6.45, 7) is 6.89. The summed E-state index contributed by atoms with van der Waals surface area (Å²) in [4.78, 5) is 0. The van der Waals surface area contributed by atoms with E-state index >= 15 is 0 Å². The van der Waals surface area contributed by atoms with Gasteiger partial charge in [0.25, 0.3) is 0 Å². The zero-order valence-corrected chi connectivity index (χ0v) is 12.5. The zero-order valence-electron chi connectivity index (χ0n) is 12.5. The van der Waals surface area contributed by atoms with E-state index in [-0.39, 0.29) is 17.7 Å². The lowest BCUT2D eigenvalue weighted by Crippen LogP contribution is -2.30. The number of alkyl halides is 3. The van der Waals surface area contributed by atoms with Crippen molar-refractivity contribution in [2.24, 2.45) is 5.92 Å². The van der Waals surface area contributed by atoms with Crippen molar-refractivity contribution < 1.29 is 23.0 Å². The summed E-state index contributed by atoms with van der Waals surface area (Å²) in [5.74, 6) is 0.106. The van der Waals surface area contributed by atoms with Gasteiger partial charge in [0.1, 0.15) is 5.75 Å². The lowest BCUT2D eigenvalue weighted by atomic mass is 9.91. The van der Waals surface area contributed by atoms with Gasteiger partial charge in [-0.2, -0.15) is 0 Å². The Morgan fingerprint density at radius 1 is 1.24 bits per heavy atom. The predicted octanol–water partition coefficient (Wildman–Crippen LogP) is 3.43. The van der Waals surface area contributed by atoms with Crippen molar-refractivity contribution in [1.29, 1.82) is 0 Å². The molecule has 0 aliphatic heterocycles. The van der Waals surface area contributed by atoms with Crippen molar-refractivity contribution in [2.75, 3.05) is 13.1 Å². The Morgan fingerprint density at radius 3 is 2.43 bits per heavy atom. The van der Waals surface area contributed by atoms with Crippen LogP contribution in [0.2, 0.25) is 0 Å². The summed E-state index contributed by atoms with van der Waals surface area (Å²) in [6, 6.07) is 5.68. The predicted molar refractivity (Wildman–Crippen MR) is 75.0 cm³/mol. The Labute approximate surface area is 123 Å². The number of halogens is 3. The first-order valence-electron chi connectivity index (χ1n) is 6.90. The first-order valence-corrected chi connectivity index (χ1v) is 6.90. The van der Waals surface area contributed by atoms with E-state index in [0.717, 1.165) is 6.54 Å². The van der Waals surface area contributed by atoms with E-state index in [0.29, 0.717) is 12.5 Å². The maximum Gasteiger partial charge on any atom is 0.573 e. The van der Waals surface area contributed by atoms with Crippen LogP contribution in [0, 0.1) is 5.92 Å². The monoisotopic (exact) mass is 305 g/mol. The highest BCUT2D eigenvalue weighted by Crippen LogP contribution is 2.35. The molecule has 0 saturated carbocycles. The number of benzene rings is 1. The molecule has 0 fully saturated rings. The second-order valence-electron chi connectivity index (χ2n) is 5.67. The molecule has 0 bridgehead atoms. The van der Waals surface area contributed by atoms with Gasteiger partial charge in [-0.15, -0.1) is 13.2 Å². The molecule has 0 aliphatic carbocycles. The molecule has 21 heavy (non-hydrogen) atoms. The van der Waals surface area contributed by atoms with E-state index in [1.54, 1.807) is 6.07 Å². The van der Waals surface area contributed by atoms with E-state index in [1.165, 1.54) is 25.1 Å². The maximum atomic E-state index is 12.4. The fourth-order valence-corrected chi connectivity index (χ4v) is 1.98. The molecule has 1 unspecified atom stereocenters. The number of hydrogen-bond donors (Lipinski definition) is 2. The van der Waals surface area contributed by atoms with Crippen LogP contribution < -0.4 is 10.1 Å². The zero-order chi connectivity index (χ0) is 16.1. The van der Waals surface area contributed by atoms with Crippen LogP contribution in [0.5, 0.6) is 5.75 Å². The molecule has 2 N–H and O–H groups in total. The van der Waals surface area contributed by atoms with Crippen LogP contribution in [0.3, 0.4) is 0 Å². The Balaban J connectivity index is 2.77. The van der Waals surface area contributed by atoms with Gasteiger partial charge in [-0.1, -0.05) is 32.0 Å². The smallest absolute Gasteiger partial charge is 0.405 e. The minimum Gasteiger partial charge on any atom is -0.405 e. The van der Waals surface area contributed by atoms with Crippen LogP contribution in [0.4, 0.5) is 13.2 Å². The number of ether oxygens (including phenoxy) is 1. The largest absolute Gasteiger partial charge is 0.573 e. The fraction of sp³-hybridized carbons (Fsp3) is 0.600. The van der Waals surface area contributed by atoms with Gasteiger partial charge in [0.05, 0.1) is 5.60 Å². The van der Waals surface area contributed by atoms with E-state index in [9.17, 15) is 18.3 Å². The Hall–Kier alpha value is -1.27. The highest BCUT2D eigenvalue weighted by atomic mass is 19.4. The molecule has 0 radical (unpaired) electrons. The van der Waals surface area contributed by atoms with Crippen molar-refractivity contribution in [3.05, 3.63) is 29.8 Å². The van der Waals surface area contributed by atoms with Crippen molar-refractivity contribution in [1.82, 2.24) is 5.32 Å². The summed E-state index contributed by atoms with van der Waals surface area (Å²) in [5, 5.41) is 13.6. The molecule has 120 valence electrons. The molecule has 6 heteroatoms. The van der Waals surface area contributed by atoms with E-state index in [4.69, 9.17) is 0 Å². The normalized spacial score (nSPS) is 15.0. The third-order valence-electron chi connectivity index (χ3n) is 3.03. The SMILES string of the molecule is CC(C)CNCCC(C)(O)c1ccccc1OC(F)(F)F. The third-order valence-corrected chi connectivity index (χ3v) is 3.03. The standard InChI is InChI=1S/C15H22F3NO2/c1-11(2)10-19-9-8-14(3,20)12-6-4-5-7-13(12)21-15(16,17)18/h4-7,11,19-20H,8-10H2,1-3H3. The highest BCUT2D eigenvalue weighted by Gasteiger charge is 2.35. The number of aliphatic hydroxyl groups is 1. The summed E-state index contributed by atoms with van der Waals surface area (Å²) in [5.41, 5.74) is -1.26. The van der Waals surface area contributed by atoms with Crippen LogP contribution in [-0.2, 0) is 5.60 Å². The number of rotatable bonds is 7. The first-order chi connectivity index (χ1) is 9.62. The molecular formula is C15H22F3NO2. The Kier molecular flexibility index (Phi) is 6.04. The molecule has 1 aromatic carbocycles. The third kappa shape index (κ3) is 6.35. The molecule has 0 spiro atoms. The second kappa shape index (κ2) is 7.13. The van der Waals surface area contributed by atoms with Gasteiger partial charge >= 0.3 is 6.36 Å². The molecule has 3 nitrogen and oxygen atoms in total. The van der Waals surface area contributed by atoms with Crippen LogP contribution in [0.15, 0.2) is 24.3 Å². The van der Waals surface area contributed by atoms with E-state index in [1.807, 2.05) is 0 Å². The first kappa shape index (κ1) is 17.8. The second-order valence-corrected chi connectivity index (χ2v) is 5.67. The van der Waals surface area contributed by atoms with E-state index in [2.05, 4.69) is 23.9 Å². The van der Waals surface area contributed by atoms with Gasteiger partial charge in [0.2, 0.25) is 0 Å². The minimum absolute atomic E-state index is 0.133. The summed E-state index contributed by atoms with van der Waals surface area (Å²) in [7, 11) is 0. The van der Waals surface area contributed by atoms with Gasteiger partial charge in [-0.3, -0.25) is 0 Å². The van der Waals surface area contributed by atoms with Gasteiger partial charge < -0.3 is 15.2 Å². The van der Waals surface area contributed by atoms with Crippen molar-refractivity contribution in [3.8, 4) is 5.75 Å². The molecule has 0 saturated heterocycles. The average molecular weight is 305 g/mol. The summed E-state index contributed by atoms with van der Waals surface area (Å²) < 4.78 is 41.1. The van der Waals surface area contributed by atoms with Crippen molar-refractivity contribution in [3.63, 3.8) is 0 Å². The molecule has 0 amide bonds. The number of para-hydroxylation sites is 1. The van der Waals surface area contributed by atoms with Crippen LogP contribution >= 0.6 is 0 Å². The van der Waals surface area contributed by atoms with Crippen LogP contribution in [0.1, 0.15) is 32.8 Å². The number of nitrogens with one attached hydrogen (secondary N) is 1. The Bertz CT molecular complexity index is 445. The average Bonchev–Trinajstić information content (AvgIpc) is 2.33. The van der Waals surface area contributed by atoms with Gasteiger partial charge in [-0.25, -0.2) is 0 Å². The minimum atomic E-state index is -4.78. The molecule has 0 aliphatic rings. The topological polar surface area (TPSA) is 41.5 Å². The molecular weight excluding hydrogens is 283 g/mol. The Morgan fingerprint density at radius 2 is 1.86 bits per heavy atom. The lowest BCUT2D eigenvalue weighted by Gasteiger charge is -2.26. The molecule has 0 aromatic heterocycles. The fourth-order valence-electron chi connectivity index (χ4n) is 1.98. The molecule has 1 aromatic rings. The number of hydrogen-bond acceptors (Lipinski definition) is 3. The van der Waals surface area contributed by atoms with Crippen molar-refractivity contribution >= 4 is 0 Å². The highest BCUT2D eigenvalue weighted by molar-refractivity contribution is 5.37. The quantitative estimate of drug-likeness (QED) is 0.758. The van der Waals surface area contributed by atoms with Crippen LogP contribution in [0.25, 0.3) is 0 Å². The molecule has 1 rings (SSSR count). The van der Waals surface area contributed by atoms with Crippen LogP contribution in [-0.4, -0.2) is 24.6 Å². The molecule has 1 atom stereocenters. The lowest BCUT2D eigenvalue weighted by molar-refractivity contribution is -0.275. The van der Waals surface area contributed by atoms with E-state index < -0.39 is 12.0 Å². The van der Waals surface area contributed by atoms with Crippen molar-refractivity contribution in [2.45, 2.75) is 39.2 Å². The summed E-state index contributed by atoms with van der Waals surface area (Å²) in [6.07, 6.45) is -4.49. The molecule has 0 heterocycles. The van der Waals surface area contributed by atoms with Gasteiger partial charge in [0, 0.05) is 5.56 Å². The van der Waals surface area contributed by atoms with Gasteiger partial charge in [-0.05, 0) is 38.4 Å². The maximum absolute atomic E-state index is 12.4.